The van der Waals surface area contributed by atoms with Gasteiger partial charge in [-0.05, 0) is 76.6 Å². The fraction of sp³-hybridized carbons (Fsp3) is 0.528. The van der Waals surface area contributed by atoms with E-state index in [0.717, 1.165) is 68.2 Å². The van der Waals surface area contributed by atoms with Gasteiger partial charge in [0.15, 0.2) is 5.78 Å². The van der Waals surface area contributed by atoms with E-state index in [1.807, 2.05) is 63.2 Å². The Morgan fingerprint density at radius 3 is 2.36 bits per heavy atom. The second-order valence-electron chi connectivity index (χ2n) is 13.5. The predicted octanol–water partition coefficient (Wildman–Crippen LogP) is 6.89. The summed E-state index contributed by atoms with van der Waals surface area (Å²) in [5.41, 5.74) is 3.26. The Morgan fingerprint density at radius 2 is 1.62 bits per heavy atom. The molecule has 5 rings (SSSR count). The Balaban J connectivity index is 1.35. The molecule has 2 aromatic rings. The van der Waals surface area contributed by atoms with Crippen molar-refractivity contribution in [1.29, 1.82) is 0 Å². The molecule has 9 heteroatoms. The summed E-state index contributed by atoms with van der Waals surface area (Å²) in [6.45, 7) is 5.18. The molecule has 1 N–H and O–H groups in total. The molecule has 0 spiro atoms. The van der Waals surface area contributed by atoms with Crippen molar-refractivity contribution in [3.05, 3.63) is 59.7 Å². The topological polar surface area (TPSA) is 108 Å². The number of hydrogen-bond donors (Lipinski definition) is 1. The van der Waals surface area contributed by atoms with E-state index in [1.54, 1.807) is 6.07 Å². The number of para-hydroxylation sites is 1. The molecular weight excluding hydrogens is 568 g/mol. The second-order valence-corrected chi connectivity index (χ2v) is 13.5. The van der Waals surface area contributed by atoms with Crippen LogP contribution in [-0.4, -0.2) is 53.1 Å². The van der Waals surface area contributed by atoms with Gasteiger partial charge < -0.3 is 10.1 Å². The number of hydrogen-bond acceptors (Lipinski definition) is 6. The van der Waals surface area contributed by atoms with Crippen molar-refractivity contribution in [3.8, 4) is 0 Å². The minimum Gasteiger partial charge on any atom is -0.460 e. The summed E-state index contributed by atoms with van der Waals surface area (Å²) in [4.78, 5) is 54.7. The molecule has 0 bridgehead atoms. The van der Waals surface area contributed by atoms with Crippen LogP contribution in [0.3, 0.4) is 0 Å². The third-order valence-electron chi connectivity index (χ3n) is 8.81. The minimum atomic E-state index is -0.544. The maximum Gasteiger partial charge on any atom is 0.345 e. The number of nitrogens with zero attached hydrogens (tertiary/aromatic N) is 3. The third kappa shape index (κ3) is 8.59. The van der Waals surface area contributed by atoms with Crippen LogP contribution in [0, 0.1) is 11.8 Å². The van der Waals surface area contributed by atoms with Crippen molar-refractivity contribution < 1.29 is 23.9 Å². The highest BCUT2D eigenvalue weighted by Gasteiger charge is 2.36. The SMILES string of the molecule is CC(C)(C)OC(=O)CCc1cccc(NC(=O)CN2N=C(C3CCCCC3)c3ccccc3N(CC(=O)C3CCCC3)C2=O)c1. The van der Waals surface area contributed by atoms with Crippen molar-refractivity contribution in [2.24, 2.45) is 16.9 Å². The van der Waals surface area contributed by atoms with Gasteiger partial charge >= 0.3 is 12.0 Å². The first-order valence-corrected chi connectivity index (χ1v) is 16.5. The van der Waals surface area contributed by atoms with E-state index in [9.17, 15) is 19.2 Å². The zero-order valence-corrected chi connectivity index (χ0v) is 26.8. The molecule has 2 aliphatic carbocycles. The molecule has 0 atom stereocenters. The van der Waals surface area contributed by atoms with Gasteiger partial charge in [-0.3, -0.25) is 19.3 Å². The Labute approximate surface area is 266 Å². The number of urea groups is 1. The van der Waals surface area contributed by atoms with Crippen LogP contribution in [0.15, 0.2) is 53.6 Å². The van der Waals surface area contributed by atoms with Gasteiger partial charge in [0.25, 0.3) is 0 Å². The number of ketones is 1. The lowest BCUT2D eigenvalue weighted by Crippen LogP contribution is -2.46. The van der Waals surface area contributed by atoms with E-state index in [0.29, 0.717) is 17.8 Å². The van der Waals surface area contributed by atoms with Crippen LogP contribution in [0.4, 0.5) is 16.2 Å². The molecule has 1 heterocycles. The van der Waals surface area contributed by atoms with Crippen LogP contribution in [0.2, 0.25) is 0 Å². The molecule has 0 unspecified atom stereocenters. The van der Waals surface area contributed by atoms with Gasteiger partial charge in [-0.2, -0.15) is 5.10 Å². The van der Waals surface area contributed by atoms with Gasteiger partial charge in [-0.15, -0.1) is 0 Å². The average molecular weight is 615 g/mol. The fourth-order valence-electron chi connectivity index (χ4n) is 6.64. The molecule has 2 aromatic carbocycles. The number of Topliss-reactive ketones (excluding diaryl/α,β-unsaturated/α-hetero) is 1. The zero-order valence-electron chi connectivity index (χ0n) is 26.8. The summed E-state index contributed by atoms with van der Waals surface area (Å²) in [6.07, 6.45) is 9.78. The van der Waals surface area contributed by atoms with Gasteiger partial charge in [-0.1, -0.05) is 62.4 Å². The number of fused-ring (bicyclic) bond motifs is 1. The second kappa shape index (κ2) is 14.4. The monoisotopic (exact) mass is 614 g/mol. The molecule has 0 saturated heterocycles. The molecular formula is C36H46N4O5. The van der Waals surface area contributed by atoms with Crippen LogP contribution in [-0.2, 0) is 25.5 Å². The fourth-order valence-corrected chi connectivity index (χ4v) is 6.64. The summed E-state index contributed by atoms with van der Waals surface area (Å²) in [5, 5.41) is 9.04. The number of carbonyl (C=O) groups is 4. The molecule has 3 amide bonds. The van der Waals surface area contributed by atoms with Crippen LogP contribution < -0.4 is 10.2 Å². The quantitative estimate of drug-likeness (QED) is 0.293. The molecule has 1 aliphatic heterocycles. The highest BCUT2D eigenvalue weighted by Crippen LogP contribution is 2.35. The highest BCUT2D eigenvalue weighted by molar-refractivity contribution is 6.13. The van der Waals surface area contributed by atoms with Crippen LogP contribution in [0.5, 0.6) is 0 Å². The first-order valence-electron chi connectivity index (χ1n) is 16.5. The van der Waals surface area contributed by atoms with Gasteiger partial charge in [0.2, 0.25) is 5.91 Å². The number of nitrogens with one attached hydrogen (secondary N) is 1. The average Bonchev–Trinajstić information content (AvgIpc) is 3.53. The number of anilines is 2. The summed E-state index contributed by atoms with van der Waals surface area (Å²) in [6, 6.07) is 14.5. The van der Waals surface area contributed by atoms with E-state index in [4.69, 9.17) is 9.84 Å². The number of benzene rings is 2. The molecule has 2 fully saturated rings. The lowest BCUT2D eigenvalue weighted by molar-refractivity contribution is -0.154. The number of rotatable bonds is 10. The minimum absolute atomic E-state index is 0.0358. The molecule has 2 saturated carbocycles. The van der Waals surface area contributed by atoms with E-state index < -0.39 is 17.5 Å². The molecule has 0 aromatic heterocycles. The molecule has 0 radical (unpaired) electrons. The van der Waals surface area contributed by atoms with E-state index in [1.165, 1.54) is 16.3 Å². The van der Waals surface area contributed by atoms with Crippen molar-refractivity contribution >= 4 is 40.8 Å². The number of amides is 3. The predicted molar refractivity (Wildman–Crippen MR) is 175 cm³/mol. The Hall–Kier alpha value is -4.01. The smallest absolute Gasteiger partial charge is 0.345 e. The number of hydrazone groups is 1. The summed E-state index contributed by atoms with van der Waals surface area (Å²) in [7, 11) is 0. The first-order chi connectivity index (χ1) is 21.6. The number of aryl methyl sites for hydroxylation is 1. The molecule has 45 heavy (non-hydrogen) atoms. The standard InChI is InChI=1S/C36H46N4O5/c1-36(2,3)45-33(43)21-20-25-12-11-17-28(22-25)37-32(42)24-40-35(44)39(23-31(41)26-13-7-8-14-26)30-19-10-9-18-29(30)34(38-40)27-15-5-4-6-16-27/h9-12,17-19,22,26-27H,4-8,13-16,20-21,23-24H2,1-3H3,(H,37,42). The van der Waals surface area contributed by atoms with Gasteiger partial charge in [0.05, 0.1) is 17.9 Å². The molecule has 240 valence electrons. The van der Waals surface area contributed by atoms with Gasteiger partial charge in [-0.25, -0.2) is 9.80 Å². The maximum absolute atomic E-state index is 14.1. The lowest BCUT2D eigenvalue weighted by Gasteiger charge is -2.26. The summed E-state index contributed by atoms with van der Waals surface area (Å²) in [5.74, 6) is -0.478. The van der Waals surface area contributed by atoms with Crippen LogP contribution in [0.1, 0.15) is 96.1 Å². The maximum atomic E-state index is 14.1. The zero-order chi connectivity index (χ0) is 32.0. The van der Waals surface area contributed by atoms with E-state index in [-0.39, 0.29) is 43.1 Å². The lowest BCUT2D eigenvalue weighted by atomic mass is 9.83. The van der Waals surface area contributed by atoms with Crippen molar-refractivity contribution in [2.45, 2.75) is 97.0 Å². The number of carbonyl (C=O) groups excluding carboxylic acids is 4. The number of ether oxygens (including phenoxy) is 1. The Morgan fingerprint density at radius 1 is 0.911 bits per heavy atom. The van der Waals surface area contributed by atoms with Gasteiger partial charge in [0, 0.05) is 29.5 Å². The molecule has 9 nitrogen and oxygen atoms in total. The van der Waals surface area contributed by atoms with E-state index in [2.05, 4.69) is 5.32 Å². The summed E-state index contributed by atoms with van der Waals surface area (Å²) < 4.78 is 5.41. The largest absolute Gasteiger partial charge is 0.460 e. The third-order valence-corrected chi connectivity index (χ3v) is 8.81. The van der Waals surface area contributed by atoms with Crippen molar-refractivity contribution in [2.75, 3.05) is 23.3 Å². The van der Waals surface area contributed by atoms with Gasteiger partial charge in [0.1, 0.15) is 12.1 Å². The number of esters is 1. The highest BCUT2D eigenvalue weighted by atomic mass is 16.6. The van der Waals surface area contributed by atoms with Crippen LogP contribution >= 0.6 is 0 Å². The van der Waals surface area contributed by atoms with Crippen LogP contribution in [0.25, 0.3) is 0 Å². The molecule has 3 aliphatic rings. The van der Waals surface area contributed by atoms with Crippen molar-refractivity contribution in [3.63, 3.8) is 0 Å². The Bertz CT molecular complexity index is 1430. The normalized spacial score (nSPS) is 17.8. The summed E-state index contributed by atoms with van der Waals surface area (Å²) >= 11 is 0. The van der Waals surface area contributed by atoms with Crippen molar-refractivity contribution in [1.82, 2.24) is 5.01 Å². The Kier molecular flexibility index (Phi) is 10.4. The first kappa shape index (κ1) is 32.4. The van der Waals surface area contributed by atoms with E-state index >= 15 is 0 Å².